The van der Waals surface area contributed by atoms with E-state index in [1.54, 1.807) is 0 Å². The van der Waals surface area contributed by atoms with Gasteiger partial charge in [0.1, 0.15) is 6.04 Å². The molecule has 1 N–H and O–H groups in total. The fourth-order valence-corrected chi connectivity index (χ4v) is 7.15. The van der Waals surface area contributed by atoms with Crippen molar-refractivity contribution in [2.45, 2.75) is 44.1 Å². The Morgan fingerprint density at radius 3 is 2.19 bits per heavy atom. The number of quaternary nitrogens is 1. The van der Waals surface area contributed by atoms with Crippen LogP contribution in [0, 0.1) is 5.92 Å². The maximum absolute atomic E-state index is 13.6. The van der Waals surface area contributed by atoms with Crippen LogP contribution in [0.5, 0.6) is 0 Å². The molecule has 6 rings (SSSR count). The van der Waals surface area contributed by atoms with E-state index in [1.807, 2.05) is 41.1 Å². The standard InChI is InChI=1S/C25H28NO3S2/c1-18(20-7-3-2-4-8-20)26-13-11-19(12-14-26)17-23(26)29-24(27)25(28,21-9-5-15-30-21)22-10-6-16-31-22/h2-10,15-16,18-19,23,28H,11-14,17H2,1H3/q+1/t18?,19?,23-,26?/m1/s1. The Labute approximate surface area is 191 Å². The number of piperidine rings is 3. The van der Waals surface area contributed by atoms with E-state index in [0.29, 0.717) is 15.7 Å². The third-order valence-electron chi connectivity index (χ3n) is 7.36. The first-order valence-electron chi connectivity index (χ1n) is 11.0. The summed E-state index contributed by atoms with van der Waals surface area (Å²) in [4.78, 5) is 14.9. The third kappa shape index (κ3) is 3.46. The molecule has 31 heavy (non-hydrogen) atoms. The van der Waals surface area contributed by atoms with Gasteiger partial charge in [-0.15, -0.1) is 22.7 Å². The van der Waals surface area contributed by atoms with Crippen LogP contribution in [-0.4, -0.2) is 34.9 Å². The van der Waals surface area contributed by atoms with Crippen molar-refractivity contribution in [1.29, 1.82) is 0 Å². The smallest absolute Gasteiger partial charge is 0.353 e. The van der Waals surface area contributed by atoms with Crippen LogP contribution < -0.4 is 0 Å². The van der Waals surface area contributed by atoms with Gasteiger partial charge in [0.15, 0.2) is 0 Å². The van der Waals surface area contributed by atoms with E-state index in [1.165, 1.54) is 41.1 Å². The zero-order valence-corrected chi connectivity index (χ0v) is 19.3. The minimum absolute atomic E-state index is 0.233. The minimum Gasteiger partial charge on any atom is -0.410 e. The van der Waals surface area contributed by atoms with E-state index in [2.05, 4.69) is 31.2 Å². The van der Waals surface area contributed by atoms with Crippen LogP contribution in [0.1, 0.15) is 47.5 Å². The highest BCUT2D eigenvalue weighted by Crippen LogP contribution is 2.47. The van der Waals surface area contributed by atoms with Crippen molar-refractivity contribution >= 4 is 28.6 Å². The number of esters is 1. The normalized spacial score (nSPS) is 26.5. The van der Waals surface area contributed by atoms with Crippen LogP contribution in [0.25, 0.3) is 0 Å². The van der Waals surface area contributed by atoms with Gasteiger partial charge in [-0.05, 0) is 35.7 Å². The number of benzene rings is 1. The van der Waals surface area contributed by atoms with Crippen molar-refractivity contribution in [1.82, 2.24) is 0 Å². The highest BCUT2D eigenvalue weighted by Gasteiger charge is 2.55. The van der Waals surface area contributed by atoms with Gasteiger partial charge in [0, 0.05) is 24.8 Å². The van der Waals surface area contributed by atoms with E-state index >= 15 is 0 Å². The first-order valence-corrected chi connectivity index (χ1v) is 12.7. The molecule has 0 radical (unpaired) electrons. The number of carbonyl (C=O) groups excluding carboxylic acids is 1. The van der Waals surface area contributed by atoms with Gasteiger partial charge >= 0.3 is 5.97 Å². The molecule has 3 aliphatic rings. The van der Waals surface area contributed by atoms with Crippen molar-refractivity contribution in [3.05, 3.63) is 80.7 Å². The second-order valence-corrected chi connectivity index (χ2v) is 10.7. The first-order chi connectivity index (χ1) is 15.0. The molecule has 1 unspecified atom stereocenters. The lowest BCUT2D eigenvalue weighted by Crippen LogP contribution is -2.66. The van der Waals surface area contributed by atoms with Crippen LogP contribution in [0.4, 0.5) is 0 Å². The molecule has 2 atom stereocenters. The molecule has 2 bridgehead atoms. The third-order valence-corrected chi connectivity index (χ3v) is 9.32. The van der Waals surface area contributed by atoms with Gasteiger partial charge in [-0.25, -0.2) is 4.79 Å². The summed E-state index contributed by atoms with van der Waals surface area (Å²) in [6.45, 7) is 4.27. The van der Waals surface area contributed by atoms with Gasteiger partial charge in [-0.2, -0.15) is 0 Å². The van der Waals surface area contributed by atoms with E-state index < -0.39 is 11.6 Å². The predicted octanol–water partition coefficient (Wildman–Crippen LogP) is 5.31. The molecule has 5 heterocycles. The Bertz CT molecular complexity index is 974. The van der Waals surface area contributed by atoms with E-state index in [4.69, 9.17) is 4.74 Å². The molecule has 0 aliphatic carbocycles. The average Bonchev–Trinajstić information content (AvgIpc) is 3.54. The van der Waals surface area contributed by atoms with Gasteiger partial charge in [-0.3, -0.25) is 4.48 Å². The highest BCUT2D eigenvalue weighted by atomic mass is 32.1. The molecule has 0 amide bonds. The van der Waals surface area contributed by atoms with Gasteiger partial charge in [0.25, 0.3) is 0 Å². The number of fused-ring (bicyclic) bond motifs is 3. The molecule has 0 spiro atoms. The fourth-order valence-electron chi connectivity index (χ4n) is 5.44. The summed E-state index contributed by atoms with van der Waals surface area (Å²) < 4.78 is 7.04. The molecule has 3 saturated heterocycles. The number of hydrogen-bond donors (Lipinski definition) is 1. The van der Waals surface area contributed by atoms with Gasteiger partial charge in [0.05, 0.1) is 22.8 Å². The molecule has 6 heteroatoms. The Kier molecular flexibility index (Phi) is 5.51. The van der Waals surface area contributed by atoms with Crippen LogP contribution in [-0.2, 0) is 15.1 Å². The first kappa shape index (κ1) is 20.9. The summed E-state index contributed by atoms with van der Waals surface area (Å²) in [5, 5.41) is 15.5. The van der Waals surface area contributed by atoms with Crippen LogP contribution in [0.15, 0.2) is 65.4 Å². The molecule has 0 saturated carbocycles. The summed E-state index contributed by atoms with van der Waals surface area (Å²) in [6.07, 6.45) is 2.98. The monoisotopic (exact) mass is 454 g/mol. The fraction of sp³-hybridized carbons (Fsp3) is 0.400. The number of thiophene rings is 2. The SMILES string of the molecule is CC(c1ccccc1)[N+]12CCC(CC1)C[C@H]2OC(=O)C(O)(c1cccs1)c1cccs1. The van der Waals surface area contributed by atoms with Crippen molar-refractivity contribution < 1.29 is 19.1 Å². The summed E-state index contributed by atoms with van der Waals surface area (Å²) in [6, 6.07) is 18.1. The van der Waals surface area contributed by atoms with Gasteiger partial charge in [-0.1, -0.05) is 42.5 Å². The average molecular weight is 455 g/mol. The van der Waals surface area contributed by atoms with Crippen molar-refractivity contribution in [3.63, 3.8) is 0 Å². The highest BCUT2D eigenvalue weighted by molar-refractivity contribution is 7.12. The molecule has 3 fully saturated rings. The summed E-state index contributed by atoms with van der Waals surface area (Å²) in [5.74, 6) is 0.0463. The lowest BCUT2D eigenvalue weighted by molar-refractivity contribution is -1.01. The number of nitrogens with zero attached hydrogens (tertiary/aromatic N) is 1. The molecular weight excluding hydrogens is 426 g/mol. The van der Waals surface area contributed by atoms with Crippen LogP contribution in [0.2, 0.25) is 0 Å². The minimum atomic E-state index is -1.75. The number of carbonyl (C=O) groups is 1. The lowest BCUT2D eigenvalue weighted by atomic mass is 9.82. The van der Waals surface area contributed by atoms with E-state index in [0.717, 1.165) is 24.0 Å². The summed E-state index contributed by atoms with van der Waals surface area (Å²) in [7, 11) is 0. The zero-order chi connectivity index (χ0) is 21.5. The van der Waals surface area contributed by atoms with Gasteiger partial charge in [0.2, 0.25) is 11.8 Å². The lowest BCUT2D eigenvalue weighted by Gasteiger charge is -2.56. The molecule has 4 nitrogen and oxygen atoms in total. The molecule has 1 aromatic carbocycles. The predicted molar refractivity (Wildman–Crippen MR) is 124 cm³/mol. The zero-order valence-electron chi connectivity index (χ0n) is 17.6. The molecule has 162 valence electrons. The summed E-state index contributed by atoms with van der Waals surface area (Å²) >= 11 is 2.77. The van der Waals surface area contributed by atoms with Crippen molar-refractivity contribution in [2.24, 2.45) is 5.92 Å². The number of hydrogen-bond acceptors (Lipinski definition) is 5. The Hall–Kier alpha value is -1.99. The van der Waals surface area contributed by atoms with Crippen molar-refractivity contribution in [2.75, 3.05) is 13.1 Å². The molecule has 3 aliphatic heterocycles. The van der Waals surface area contributed by atoms with Gasteiger partial charge < -0.3 is 9.84 Å². The molecular formula is C25H28NO3S2+. The number of aliphatic hydroxyl groups is 1. The maximum Gasteiger partial charge on any atom is 0.353 e. The molecule has 3 aromatic rings. The van der Waals surface area contributed by atoms with Crippen LogP contribution in [0.3, 0.4) is 0 Å². The number of ether oxygens (including phenoxy) is 1. The van der Waals surface area contributed by atoms with Crippen molar-refractivity contribution in [3.8, 4) is 0 Å². The maximum atomic E-state index is 13.6. The Morgan fingerprint density at radius 1 is 1.03 bits per heavy atom. The second-order valence-electron chi connectivity index (χ2n) is 8.84. The second kappa shape index (κ2) is 8.17. The van der Waals surface area contributed by atoms with Crippen LogP contribution >= 0.6 is 22.7 Å². The summed E-state index contributed by atoms with van der Waals surface area (Å²) in [5.41, 5.74) is -0.476. The van der Waals surface area contributed by atoms with E-state index in [9.17, 15) is 9.90 Å². The largest absolute Gasteiger partial charge is 0.410 e. The quantitative estimate of drug-likeness (QED) is 0.406. The Morgan fingerprint density at radius 2 is 1.65 bits per heavy atom. The van der Waals surface area contributed by atoms with E-state index in [-0.39, 0.29) is 12.3 Å². The Balaban J connectivity index is 1.48. The number of rotatable bonds is 6. The topological polar surface area (TPSA) is 46.5 Å². The molecule has 2 aromatic heterocycles.